The number of rotatable bonds is 12. The Morgan fingerprint density at radius 1 is 0.600 bits per heavy atom. The van der Waals surface area contributed by atoms with E-state index in [1.807, 2.05) is 15.2 Å². The molecule has 0 saturated carbocycles. The van der Waals surface area contributed by atoms with Gasteiger partial charge in [0.05, 0.1) is 0 Å². The Morgan fingerprint density at radius 3 is 0.950 bits per heavy atom. The van der Waals surface area contributed by atoms with Gasteiger partial charge in [-0.1, -0.05) is 41.5 Å². The third-order valence-electron chi connectivity index (χ3n) is 3.00. The fraction of sp³-hybridized carbons (Fsp3) is 1.00. The minimum atomic E-state index is -1.01. The second kappa shape index (κ2) is 10.7. The summed E-state index contributed by atoms with van der Waals surface area (Å²) in [5.74, 6) is 0. The summed E-state index contributed by atoms with van der Waals surface area (Å²) in [6.45, 7) is 17.1. The number of hydrogen-bond donors (Lipinski definition) is 0. The van der Waals surface area contributed by atoms with Crippen molar-refractivity contribution >= 4 is 10.2 Å². The van der Waals surface area contributed by atoms with Crippen molar-refractivity contribution in [1.29, 1.82) is 0 Å². The Kier molecular flexibility index (Phi) is 10.7. The van der Waals surface area contributed by atoms with Crippen LogP contribution in [0.1, 0.15) is 41.5 Å². The van der Waals surface area contributed by atoms with Crippen molar-refractivity contribution in [3.63, 3.8) is 0 Å². The van der Waals surface area contributed by atoms with Gasteiger partial charge in [-0.25, -0.2) is 14.5 Å². The van der Waals surface area contributed by atoms with Crippen molar-refractivity contribution in [2.45, 2.75) is 47.1 Å². The Balaban J connectivity index is 4.89. The van der Waals surface area contributed by atoms with Crippen molar-refractivity contribution in [2.24, 2.45) is 0 Å². The molecular weight excluding hydrogens is 274 g/mol. The molecule has 122 valence electrons. The van der Waals surface area contributed by atoms with Crippen molar-refractivity contribution in [3.05, 3.63) is 0 Å². The second-order valence-electron chi connectivity index (χ2n) is 4.48. The molecule has 0 aliphatic carbocycles. The van der Waals surface area contributed by atoms with E-state index in [0.717, 1.165) is 39.3 Å². The summed E-state index contributed by atoms with van der Waals surface area (Å²) in [5.41, 5.74) is -1.01. The molecule has 20 heavy (non-hydrogen) atoms. The molecule has 0 spiro atoms. The van der Waals surface area contributed by atoms with E-state index in [2.05, 4.69) is 41.5 Å². The fourth-order valence-electron chi connectivity index (χ4n) is 1.81. The van der Waals surface area contributed by atoms with E-state index in [0.29, 0.717) is 10.2 Å². The highest BCUT2D eigenvalue weighted by molar-refractivity contribution is 6.12. The van der Waals surface area contributed by atoms with E-state index in [9.17, 15) is 0 Å². The smallest absolute Gasteiger partial charge is 0.240 e. The van der Waals surface area contributed by atoms with Crippen LogP contribution in [-0.2, 0) is 14.5 Å². The summed E-state index contributed by atoms with van der Waals surface area (Å²) in [6.07, 6.45) is 0. The molecule has 0 fully saturated rings. The molecule has 0 amide bonds. The van der Waals surface area contributed by atoms with Crippen LogP contribution in [-0.4, -0.2) is 70.3 Å². The van der Waals surface area contributed by atoms with Crippen molar-refractivity contribution in [2.75, 3.05) is 39.3 Å². The largest absolute Gasteiger partial charge is 0.294 e. The second-order valence-corrected chi connectivity index (χ2v) is 5.70. The van der Waals surface area contributed by atoms with E-state index >= 15 is 0 Å². The minimum Gasteiger partial charge on any atom is -0.240 e. The molecule has 0 aliphatic heterocycles. The quantitative estimate of drug-likeness (QED) is 0.301. The average molecular weight is 308 g/mol. The van der Waals surface area contributed by atoms with Crippen LogP contribution in [0.2, 0.25) is 0 Å². The molecule has 0 heterocycles. The Labute approximate surface area is 127 Å². The molecule has 6 nitrogen and oxygen atoms in total. The summed E-state index contributed by atoms with van der Waals surface area (Å²) in [4.78, 5) is 17.9. The first-order valence-electron chi connectivity index (χ1n) is 7.80. The van der Waals surface area contributed by atoms with Crippen LogP contribution in [0, 0.1) is 0 Å². The van der Waals surface area contributed by atoms with Gasteiger partial charge in [0.1, 0.15) is 10.2 Å². The highest BCUT2D eigenvalue weighted by Crippen LogP contribution is 2.17. The molecular formula is C13H33N3O3Si. The molecule has 0 rings (SSSR count). The van der Waals surface area contributed by atoms with Gasteiger partial charge in [0, 0.05) is 39.3 Å². The maximum Gasteiger partial charge on any atom is 0.294 e. The van der Waals surface area contributed by atoms with Gasteiger partial charge in [-0.05, 0) is 0 Å². The lowest BCUT2D eigenvalue weighted by molar-refractivity contribution is -0.497. The molecule has 7 heteroatoms. The zero-order chi connectivity index (χ0) is 15.6. The van der Waals surface area contributed by atoms with Crippen molar-refractivity contribution in [1.82, 2.24) is 15.2 Å². The van der Waals surface area contributed by atoms with Crippen molar-refractivity contribution < 1.29 is 14.5 Å². The van der Waals surface area contributed by atoms with Crippen LogP contribution in [0.4, 0.5) is 0 Å². The molecule has 0 radical (unpaired) electrons. The third kappa shape index (κ3) is 7.12. The van der Waals surface area contributed by atoms with Crippen LogP contribution in [0.15, 0.2) is 0 Å². The van der Waals surface area contributed by atoms with E-state index in [4.69, 9.17) is 14.5 Å². The molecule has 0 bridgehead atoms. The highest BCUT2D eigenvalue weighted by Gasteiger charge is 2.34. The topological polar surface area (TPSA) is 37.4 Å². The summed E-state index contributed by atoms with van der Waals surface area (Å²) < 4.78 is 0. The standard InChI is InChI=1S/C13H33N3O3Si/c1-7-14(8-2)17-13(20,18-15(9-3)10-4)19-16(11-5)12-6/h7-12H2,1-6,20H3. The van der Waals surface area contributed by atoms with Gasteiger partial charge in [-0.15, -0.1) is 0 Å². The lowest BCUT2D eigenvalue weighted by Crippen LogP contribution is -2.53. The molecule has 0 N–H and O–H groups in total. The predicted molar refractivity (Wildman–Crippen MR) is 84.7 cm³/mol. The Morgan fingerprint density at radius 2 is 0.800 bits per heavy atom. The van der Waals surface area contributed by atoms with Crippen LogP contribution in [0.5, 0.6) is 0 Å². The SMILES string of the molecule is CCN(CC)OC([SiH3])(ON(CC)CC)ON(CC)CC. The van der Waals surface area contributed by atoms with E-state index < -0.39 is 5.60 Å². The summed E-state index contributed by atoms with van der Waals surface area (Å²) in [7, 11) is 0.598. The lowest BCUT2D eigenvalue weighted by Gasteiger charge is -2.39. The first-order chi connectivity index (χ1) is 9.48. The van der Waals surface area contributed by atoms with Gasteiger partial charge < -0.3 is 0 Å². The summed E-state index contributed by atoms with van der Waals surface area (Å²) in [6, 6.07) is 0. The first-order valence-corrected chi connectivity index (χ1v) is 8.80. The maximum absolute atomic E-state index is 5.97. The molecule has 0 aromatic heterocycles. The fourth-order valence-corrected chi connectivity index (χ4v) is 2.59. The molecule has 0 aromatic carbocycles. The highest BCUT2D eigenvalue weighted by atomic mass is 28.1. The Bertz CT molecular complexity index is 199. The van der Waals surface area contributed by atoms with Crippen LogP contribution < -0.4 is 0 Å². The van der Waals surface area contributed by atoms with Crippen molar-refractivity contribution in [3.8, 4) is 0 Å². The zero-order valence-corrected chi connectivity index (χ0v) is 16.3. The van der Waals surface area contributed by atoms with E-state index in [-0.39, 0.29) is 0 Å². The molecule has 0 saturated heterocycles. The van der Waals surface area contributed by atoms with E-state index in [1.165, 1.54) is 0 Å². The Hall–Kier alpha value is -0.0231. The van der Waals surface area contributed by atoms with Gasteiger partial charge in [0.15, 0.2) is 0 Å². The predicted octanol–water partition coefficient (Wildman–Crippen LogP) is 0.783. The molecule has 0 aromatic rings. The molecule has 0 aliphatic rings. The minimum absolute atomic E-state index is 0.598. The summed E-state index contributed by atoms with van der Waals surface area (Å²) >= 11 is 0. The van der Waals surface area contributed by atoms with Crippen LogP contribution in [0.3, 0.4) is 0 Å². The van der Waals surface area contributed by atoms with E-state index in [1.54, 1.807) is 0 Å². The number of nitrogens with zero attached hydrogens (tertiary/aromatic N) is 3. The first kappa shape index (κ1) is 20.0. The molecule has 0 atom stereocenters. The van der Waals surface area contributed by atoms with Gasteiger partial charge >= 0.3 is 0 Å². The number of hydroxylamine groups is 6. The summed E-state index contributed by atoms with van der Waals surface area (Å²) in [5, 5.41) is 5.58. The van der Waals surface area contributed by atoms with Crippen LogP contribution >= 0.6 is 0 Å². The molecule has 0 unspecified atom stereocenters. The normalized spacial score (nSPS) is 13.1. The van der Waals surface area contributed by atoms with Crippen LogP contribution in [0.25, 0.3) is 0 Å². The monoisotopic (exact) mass is 307 g/mol. The lowest BCUT2D eigenvalue weighted by atomic mass is 10.6. The van der Waals surface area contributed by atoms with Gasteiger partial charge in [-0.3, -0.25) is 0 Å². The van der Waals surface area contributed by atoms with Gasteiger partial charge in [0.2, 0.25) is 0 Å². The van der Waals surface area contributed by atoms with Gasteiger partial charge in [0.25, 0.3) is 5.60 Å². The van der Waals surface area contributed by atoms with Gasteiger partial charge in [-0.2, -0.15) is 15.2 Å². The number of hydrogen-bond acceptors (Lipinski definition) is 6. The average Bonchev–Trinajstić information content (AvgIpc) is 2.48. The maximum atomic E-state index is 5.97. The third-order valence-corrected chi connectivity index (χ3v) is 3.55. The zero-order valence-electron chi connectivity index (χ0n) is 14.3.